The molecule has 3 aromatic carbocycles. The Morgan fingerprint density at radius 3 is 2.20 bits per heavy atom. The molecule has 3 aromatic rings. The van der Waals surface area contributed by atoms with Crippen LogP contribution in [0.4, 0.5) is 9.18 Å². The predicted molar refractivity (Wildman–Crippen MR) is 153 cm³/mol. The normalized spacial score (nSPS) is 16.8. The Hall–Kier alpha value is -4.20. The number of esters is 1. The lowest BCUT2D eigenvalue weighted by atomic mass is 9.84. The van der Waals surface area contributed by atoms with Crippen molar-refractivity contribution < 1.29 is 33.0 Å². The van der Waals surface area contributed by atoms with Crippen molar-refractivity contribution >= 4 is 17.8 Å². The molecule has 0 bridgehead atoms. The standard InChI is InChI=1S/C33H36FNO6/c1-6-39-31(37)33(4,5)41-30-21(2)16-23(17-22(30)3)18-25-19-35(32(38)40-27-10-8-7-9-11-27)20-28(25)29(36)24-12-14-26(34)15-13-24/h7-17,25,28H,6,18-20H2,1-5H3. The van der Waals surface area contributed by atoms with Crippen LogP contribution in [0.25, 0.3) is 0 Å². The largest absolute Gasteiger partial charge is 0.476 e. The maximum atomic E-state index is 13.6. The number of likely N-dealkylation sites (tertiary alicyclic amines) is 1. The average Bonchev–Trinajstić information content (AvgIpc) is 3.35. The van der Waals surface area contributed by atoms with E-state index in [1.807, 2.05) is 32.0 Å². The van der Waals surface area contributed by atoms with E-state index in [1.165, 1.54) is 24.3 Å². The summed E-state index contributed by atoms with van der Waals surface area (Å²) < 4.78 is 30.4. The van der Waals surface area contributed by atoms with Crippen molar-refractivity contribution in [2.45, 2.75) is 46.6 Å². The molecule has 1 aliphatic heterocycles. The van der Waals surface area contributed by atoms with Crippen molar-refractivity contribution in [2.24, 2.45) is 11.8 Å². The molecule has 0 spiro atoms. The van der Waals surface area contributed by atoms with Crippen LogP contribution in [0.5, 0.6) is 11.5 Å². The number of nitrogens with zero attached hydrogens (tertiary/aromatic N) is 1. The summed E-state index contributed by atoms with van der Waals surface area (Å²) in [4.78, 5) is 40.6. The van der Waals surface area contributed by atoms with E-state index in [9.17, 15) is 18.8 Å². The van der Waals surface area contributed by atoms with Gasteiger partial charge in [0.1, 0.15) is 17.3 Å². The summed E-state index contributed by atoms with van der Waals surface area (Å²) in [5, 5.41) is 0. The lowest BCUT2D eigenvalue weighted by molar-refractivity contribution is -0.158. The van der Waals surface area contributed by atoms with Crippen LogP contribution >= 0.6 is 0 Å². The molecule has 0 N–H and O–H groups in total. The number of Topliss-reactive ketones (excluding diaryl/α,β-unsaturated/α-hetero) is 1. The van der Waals surface area contributed by atoms with Crippen LogP contribution in [0, 0.1) is 31.5 Å². The minimum absolute atomic E-state index is 0.144. The molecule has 0 aromatic heterocycles. The summed E-state index contributed by atoms with van der Waals surface area (Å²) in [6.45, 7) is 9.69. The highest BCUT2D eigenvalue weighted by atomic mass is 19.1. The second kappa shape index (κ2) is 12.5. The fraction of sp³-hybridized carbons (Fsp3) is 0.364. The SMILES string of the molecule is CCOC(=O)C(C)(C)Oc1c(C)cc(CC2CN(C(=O)Oc3ccccc3)CC2C(=O)c2ccc(F)cc2)cc1C. The molecule has 2 atom stereocenters. The van der Waals surface area contributed by atoms with Crippen molar-refractivity contribution in [1.29, 1.82) is 0 Å². The number of ether oxygens (including phenoxy) is 3. The Labute approximate surface area is 240 Å². The molecule has 2 unspecified atom stereocenters. The van der Waals surface area contributed by atoms with Gasteiger partial charge in [-0.05, 0) is 100 Å². The summed E-state index contributed by atoms with van der Waals surface area (Å²) in [5.74, 6) is -0.675. The van der Waals surface area contributed by atoms with Gasteiger partial charge in [-0.15, -0.1) is 0 Å². The molecule has 7 nitrogen and oxygen atoms in total. The van der Waals surface area contributed by atoms with Crippen LogP contribution in [-0.2, 0) is 16.0 Å². The van der Waals surface area contributed by atoms with Crippen molar-refractivity contribution in [1.82, 2.24) is 4.90 Å². The monoisotopic (exact) mass is 561 g/mol. The van der Waals surface area contributed by atoms with E-state index in [0.29, 0.717) is 30.0 Å². The molecule has 1 aliphatic rings. The number of ketones is 1. The van der Waals surface area contributed by atoms with Gasteiger partial charge >= 0.3 is 12.1 Å². The van der Waals surface area contributed by atoms with Crippen LogP contribution < -0.4 is 9.47 Å². The number of para-hydroxylation sites is 1. The Balaban J connectivity index is 1.57. The Kier molecular flexibility index (Phi) is 9.11. The van der Waals surface area contributed by atoms with E-state index in [2.05, 4.69) is 0 Å². The van der Waals surface area contributed by atoms with Gasteiger partial charge in [0.15, 0.2) is 11.4 Å². The fourth-order valence-corrected chi connectivity index (χ4v) is 5.23. The number of hydrogen-bond acceptors (Lipinski definition) is 6. The number of aryl methyl sites for hydroxylation is 2. The van der Waals surface area contributed by atoms with E-state index in [0.717, 1.165) is 16.7 Å². The van der Waals surface area contributed by atoms with Gasteiger partial charge in [-0.1, -0.05) is 30.3 Å². The molecule has 0 aliphatic carbocycles. The molecule has 1 saturated heterocycles. The molecule has 0 radical (unpaired) electrons. The molecule has 1 heterocycles. The van der Waals surface area contributed by atoms with E-state index in [-0.39, 0.29) is 24.9 Å². The van der Waals surface area contributed by atoms with Crippen molar-refractivity contribution in [2.75, 3.05) is 19.7 Å². The molecular weight excluding hydrogens is 525 g/mol. The van der Waals surface area contributed by atoms with Crippen LogP contribution in [-0.4, -0.2) is 48.0 Å². The predicted octanol–water partition coefficient (Wildman–Crippen LogP) is 6.34. The Morgan fingerprint density at radius 2 is 1.59 bits per heavy atom. The first kappa shape index (κ1) is 29.8. The second-order valence-corrected chi connectivity index (χ2v) is 10.9. The van der Waals surface area contributed by atoms with Crippen LogP contribution in [0.3, 0.4) is 0 Å². The smallest absolute Gasteiger partial charge is 0.415 e. The van der Waals surface area contributed by atoms with E-state index in [1.54, 1.807) is 49.9 Å². The summed E-state index contributed by atoms with van der Waals surface area (Å²) >= 11 is 0. The van der Waals surface area contributed by atoms with Crippen molar-refractivity contribution in [3.05, 3.63) is 94.8 Å². The van der Waals surface area contributed by atoms with Gasteiger partial charge in [-0.3, -0.25) is 4.79 Å². The van der Waals surface area contributed by atoms with Crippen molar-refractivity contribution in [3.8, 4) is 11.5 Å². The number of benzene rings is 3. The molecule has 1 fully saturated rings. The molecule has 0 saturated carbocycles. The van der Waals surface area contributed by atoms with Gasteiger partial charge in [0, 0.05) is 24.6 Å². The zero-order valence-corrected chi connectivity index (χ0v) is 24.1. The highest BCUT2D eigenvalue weighted by molar-refractivity contribution is 5.98. The number of hydrogen-bond donors (Lipinski definition) is 0. The van der Waals surface area contributed by atoms with Gasteiger partial charge in [0.05, 0.1) is 6.61 Å². The van der Waals surface area contributed by atoms with Crippen LogP contribution in [0.2, 0.25) is 0 Å². The molecular formula is C33H36FNO6. The molecule has 8 heteroatoms. The minimum atomic E-state index is -1.16. The van der Waals surface area contributed by atoms with Gasteiger partial charge < -0.3 is 19.1 Å². The quantitative estimate of drug-likeness (QED) is 0.224. The number of amides is 1. The summed E-state index contributed by atoms with van der Waals surface area (Å²) in [6, 6.07) is 18.2. The topological polar surface area (TPSA) is 82.1 Å². The fourth-order valence-electron chi connectivity index (χ4n) is 5.23. The third-order valence-electron chi connectivity index (χ3n) is 7.26. The number of halogens is 1. The van der Waals surface area contributed by atoms with Gasteiger partial charge in [0.25, 0.3) is 0 Å². The highest BCUT2D eigenvalue weighted by Crippen LogP contribution is 2.34. The number of carbonyl (C=O) groups is 3. The van der Waals surface area contributed by atoms with Crippen LogP contribution in [0.1, 0.15) is 47.8 Å². The van der Waals surface area contributed by atoms with Crippen molar-refractivity contribution in [3.63, 3.8) is 0 Å². The maximum absolute atomic E-state index is 13.6. The molecule has 1 amide bonds. The first-order valence-electron chi connectivity index (χ1n) is 13.8. The molecule has 4 rings (SSSR count). The average molecular weight is 562 g/mol. The van der Waals surface area contributed by atoms with E-state index < -0.39 is 29.4 Å². The Bertz CT molecular complexity index is 1380. The lowest BCUT2D eigenvalue weighted by Crippen LogP contribution is -2.40. The lowest BCUT2D eigenvalue weighted by Gasteiger charge is -2.27. The van der Waals surface area contributed by atoms with Gasteiger partial charge in [0.2, 0.25) is 0 Å². The van der Waals surface area contributed by atoms with Gasteiger partial charge in [-0.25, -0.2) is 14.0 Å². The second-order valence-electron chi connectivity index (χ2n) is 10.9. The van der Waals surface area contributed by atoms with Gasteiger partial charge in [-0.2, -0.15) is 0 Å². The number of carbonyl (C=O) groups excluding carboxylic acids is 3. The summed E-state index contributed by atoms with van der Waals surface area (Å²) in [7, 11) is 0. The summed E-state index contributed by atoms with van der Waals surface area (Å²) in [6.07, 6.45) is 0.00331. The zero-order chi connectivity index (χ0) is 29.7. The number of rotatable bonds is 9. The molecule has 41 heavy (non-hydrogen) atoms. The Morgan fingerprint density at radius 1 is 0.951 bits per heavy atom. The zero-order valence-electron chi connectivity index (χ0n) is 24.1. The third-order valence-corrected chi connectivity index (χ3v) is 7.26. The first-order valence-corrected chi connectivity index (χ1v) is 13.8. The highest BCUT2D eigenvalue weighted by Gasteiger charge is 2.41. The van der Waals surface area contributed by atoms with Crippen LogP contribution in [0.15, 0.2) is 66.7 Å². The summed E-state index contributed by atoms with van der Waals surface area (Å²) in [5.41, 5.74) is 1.90. The third kappa shape index (κ3) is 7.12. The van der Waals surface area contributed by atoms with E-state index >= 15 is 0 Å². The first-order chi connectivity index (χ1) is 19.5. The van der Waals surface area contributed by atoms with E-state index in [4.69, 9.17) is 14.2 Å². The molecule has 216 valence electrons. The maximum Gasteiger partial charge on any atom is 0.415 e. The minimum Gasteiger partial charge on any atom is -0.476 e.